The Balaban J connectivity index is 2.10. The van der Waals surface area contributed by atoms with Crippen LogP contribution in [0.4, 0.5) is 0 Å². The van der Waals surface area contributed by atoms with E-state index in [1.807, 2.05) is 0 Å². The maximum atomic E-state index is 12.5. The second-order valence-electron chi connectivity index (χ2n) is 5.71. The number of methoxy groups -OCH3 is 1. The van der Waals surface area contributed by atoms with Gasteiger partial charge in [0.05, 0.1) is 12.8 Å². The second-order valence-corrected chi connectivity index (χ2v) is 6.14. The first-order chi connectivity index (χ1) is 12.9. The third kappa shape index (κ3) is 3.66. The molecule has 2 aromatic carbocycles. The van der Waals surface area contributed by atoms with Crippen molar-refractivity contribution in [3.8, 4) is 0 Å². The third-order valence-electron chi connectivity index (χ3n) is 3.93. The molecule has 0 radical (unpaired) electrons. The first kappa shape index (κ1) is 18.5. The summed E-state index contributed by atoms with van der Waals surface area (Å²) < 4.78 is 4.74. The second kappa shape index (κ2) is 7.55. The molecule has 0 fully saturated rings. The number of ether oxygens (including phenoxy) is 1. The van der Waals surface area contributed by atoms with E-state index >= 15 is 0 Å². The third-order valence-corrected chi connectivity index (χ3v) is 4.18. The number of fused-ring (bicyclic) bond motifs is 1. The van der Waals surface area contributed by atoms with E-state index in [2.05, 4.69) is 9.98 Å². The fourth-order valence-corrected chi connectivity index (χ4v) is 2.78. The van der Waals surface area contributed by atoms with Crippen molar-refractivity contribution < 1.29 is 19.4 Å². The Morgan fingerprint density at radius 1 is 1.07 bits per heavy atom. The van der Waals surface area contributed by atoms with Crippen LogP contribution >= 0.6 is 11.6 Å². The van der Waals surface area contributed by atoms with Gasteiger partial charge >= 0.3 is 5.97 Å². The number of esters is 1. The summed E-state index contributed by atoms with van der Waals surface area (Å²) in [5, 5.41) is 10.5. The van der Waals surface area contributed by atoms with Gasteiger partial charge in [0.2, 0.25) is 0 Å². The Morgan fingerprint density at radius 3 is 2.30 bits per heavy atom. The Morgan fingerprint density at radius 2 is 1.70 bits per heavy atom. The number of amidine groups is 1. The molecule has 0 saturated carbocycles. The number of hydrogen-bond donors (Lipinski definition) is 1. The average molecular weight is 383 g/mol. The minimum absolute atomic E-state index is 0.0749. The highest BCUT2D eigenvalue weighted by molar-refractivity contribution is 6.36. The van der Waals surface area contributed by atoms with Crippen LogP contribution in [0.15, 0.2) is 69.8 Å². The van der Waals surface area contributed by atoms with Crippen LogP contribution in [-0.2, 0) is 9.53 Å². The maximum absolute atomic E-state index is 12.5. The normalized spacial score (nSPS) is 15.1. The predicted octanol–water partition coefficient (Wildman–Crippen LogP) is 3.73. The summed E-state index contributed by atoms with van der Waals surface area (Å²) in [6, 6.07) is 13.3. The van der Waals surface area contributed by atoms with Crippen LogP contribution < -0.4 is 0 Å². The average Bonchev–Trinajstić information content (AvgIpc) is 3.00. The standard InChI is InChI=1S/C20H15ClN2O4/c1-11(24)16(20(26)27-2)17-14-5-3-4-6-15(14)18(22-17)23-19(25)12-7-9-13(21)10-8-12/h3-10,24H,1-2H3/b16-11-,23-18?. The SMILES string of the molecule is COC(=O)/C(C1=NC(=NC(=O)c2ccc(Cl)cc2)c2ccccc21)=C(/C)O. The van der Waals surface area contributed by atoms with Crippen LogP contribution in [0.25, 0.3) is 0 Å². The number of aliphatic imine (C=N–C) groups is 2. The molecule has 136 valence electrons. The highest BCUT2D eigenvalue weighted by atomic mass is 35.5. The molecule has 1 N–H and O–H groups in total. The molecule has 27 heavy (non-hydrogen) atoms. The van der Waals surface area contributed by atoms with Crippen molar-refractivity contribution in [1.29, 1.82) is 0 Å². The number of nitrogens with zero attached hydrogens (tertiary/aromatic N) is 2. The summed E-state index contributed by atoms with van der Waals surface area (Å²) >= 11 is 5.84. The van der Waals surface area contributed by atoms with Crippen LogP contribution in [0.3, 0.4) is 0 Å². The highest BCUT2D eigenvalue weighted by Gasteiger charge is 2.30. The van der Waals surface area contributed by atoms with Gasteiger partial charge in [-0.3, -0.25) is 4.79 Å². The zero-order chi connectivity index (χ0) is 19.6. The smallest absolute Gasteiger partial charge is 0.343 e. The first-order valence-electron chi connectivity index (χ1n) is 7.98. The summed E-state index contributed by atoms with van der Waals surface area (Å²) in [6.07, 6.45) is 0. The fourth-order valence-electron chi connectivity index (χ4n) is 2.66. The van der Waals surface area contributed by atoms with Crippen LogP contribution in [0, 0.1) is 0 Å². The quantitative estimate of drug-likeness (QED) is 0.497. The zero-order valence-corrected chi connectivity index (χ0v) is 15.3. The van der Waals surface area contributed by atoms with E-state index in [0.717, 1.165) is 0 Å². The van der Waals surface area contributed by atoms with E-state index in [9.17, 15) is 14.7 Å². The Labute approximate surface area is 160 Å². The Hall–Kier alpha value is -3.25. The Kier molecular flexibility index (Phi) is 5.19. The molecule has 0 saturated heterocycles. The van der Waals surface area contributed by atoms with Crippen molar-refractivity contribution in [2.75, 3.05) is 7.11 Å². The number of amides is 1. The molecule has 1 amide bonds. The Bertz CT molecular complexity index is 1020. The van der Waals surface area contributed by atoms with Gasteiger partial charge in [-0.1, -0.05) is 35.9 Å². The molecule has 1 aliphatic heterocycles. The van der Waals surface area contributed by atoms with Gasteiger partial charge in [0, 0.05) is 21.7 Å². The van der Waals surface area contributed by atoms with E-state index in [4.69, 9.17) is 16.3 Å². The van der Waals surface area contributed by atoms with E-state index in [1.165, 1.54) is 14.0 Å². The molecule has 0 unspecified atom stereocenters. The molecule has 7 heteroatoms. The van der Waals surface area contributed by atoms with E-state index in [1.54, 1.807) is 48.5 Å². The van der Waals surface area contributed by atoms with E-state index in [-0.39, 0.29) is 22.9 Å². The van der Waals surface area contributed by atoms with Crippen LogP contribution in [-0.4, -0.2) is 35.6 Å². The number of allylic oxidation sites excluding steroid dienone is 1. The van der Waals surface area contributed by atoms with Crippen molar-refractivity contribution in [3.05, 3.63) is 81.6 Å². The summed E-state index contributed by atoms with van der Waals surface area (Å²) in [4.78, 5) is 33.0. The fraction of sp³-hybridized carbons (Fsp3) is 0.100. The topological polar surface area (TPSA) is 88.3 Å². The lowest BCUT2D eigenvalue weighted by atomic mass is 9.99. The van der Waals surface area contributed by atoms with Crippen molar-refractivity contribution >= 4 is 35.0 Å². The van der Waals surface area contributed by atoms with E-state index in [0.29, 0.717) is 21.7 Å². The number of hydrogen-bond acceptors (Lipinski definition) is 4. The number of benzene rings is 2. The van der Waals surface area contributed by atoms with Crippen molar-refractivity contribution in [1.82, 2.24) is 0 Å². The number of carbonyl (C=O) groups is 2. The first-order valence-corrected chi connectivity index (χ1v) is 8.35. The van der Waals surface area contributed by atoms with Crippen LogP contribution in [0.5, 0.6) is 0 Å². The maximum Gasteiger partial charge on any atom is 0.343 e. The zero-order valence-electron chi connectivity index (χ0n) is 14.6. The summed E-state index contributed by atoms with van der Waals surface area (Å²) in [7, 11) is 1.21. The molecule has 1 aliphatic rings. The highest BCUT2D eigenvalue weighted by Crippen LogP contribution is 2.25. The van der Waals surface area contributed by atoms with Crippen LogP contribution in [0.1, 0.15) is 28.4 Å². The van der Waals surface area contributed by atoms with Gasteiger partial charge in [-0.25, -0.2) is 9.79 Å². The molecule has 0 atom stereocenters. The minimum Gasteiger partial charge on any atom is -0.512 e. The van der Waals surface area contributed by atoms with Gasteiger partial charge in [-0.2, -0.15) is 4.99 Å². The van der Waals surface area contributed by atoms with Gasteiger partial charge in [-0.05, 0) is 31.2 Å². The van der Waals surface area contributed by atoms with Gasteiger partial charge in [0.1, 0.15) is 11.3 Å². The lowest BCUT2D eigenvalue weighted by molar-refractivity contribution is -0.135. The molecule has 2 aromatic rings. The summed E-state index contributed by atoms with van der Waals surface area (Å²) in [5.41, 5.74) is 1.65. The number of aliphatic hydroxyl groups is 1. The van der Waals surface area contributed by atoms with Gasteiger partial charge in [0.15, 0.2) is 5.84 Å². The monoisotopic (exact) mass is 382 g/mol. The van der Waals surface area contributed by atoms with Crippen molar-refractivity contribution in [2.24, 2.45) is 9.98 Å². The number of carbonyl (C=O) groups excluding carboxylic acids is 2. The number of rotatable bonds is 3. The molecule has 6 nitrogen and oxygen atoms in total. The number of aliphatic hydroxyl groups excluding tert-OH is 1. The molecule has 1 heterocycles. The van der Waals surface area contributed by atoms with Gasteiger partial charge < -0.3 is 9.84 Å². The minimum atomic E-state index is -0.728. The largest absolute Gasteiger partial charge is 0.512 e. The molecule has 0 bridgehead atoms. The summed E-state index contributed by atoms with van der Waals surface area (Å²) in [5.74, 6) is -1.30. The van der Waals surface area contributed by atoms with Gasteiger partial charge in [0.25, 0.3) is 5.91 Å². The predicted molar refractivity (Wildman–Crippen MR) is 103 cm³/mol. The molecular weight excluding hydrogens is 368 g/mol. The lowest BCUT2D eigenvalue weighted by Crippen LogP contribution is -2.16. The van der Waals surface area contributed by atoms with Crippen molar-refractivity contribution in [3.63, 3.8) is 0 Å². The van der Waals surface area contributed by atoms with Crippen LogP contribution in [0.2, 0.25) is 5.02 Å². The molecule has 3 rings (SSSR count). The molecule has 0 spiro atoms. The number of halogens is 1. The molecule has 0 aromatic heterocycles. The van der Waals surface area contributed by atoms with Crippen molar-refractivity contribution in [2.45, 2.75) is 6.92 Å². The lowest BCUT2D eigenvalue weighted by Gasteiger charge is -2.07. The molecule has 0 aliphatic carbocycles. The molecular formula is C20H15ClN2O4. The van der Waals surface area contributed by atoms with Gasteiger partial charge in [-0.15, -0.1) is 0 Å². The summed E-state index contributed by atoms with van der Waals surface area (Å²) in [6.45, 7) is 1.37. The van der Waals surface area contributed by atoms with E-state index < -0.39 is 11.9 Å².